The third kappa shape index (κ3) is 6.96. The van der Waals surface area contributed by atoms with Gasteiger partial charge in [0.15, 0.2) is 18.1 Å². The van der Waals surface area contributed by atoms with Crippen LogP contribution in [0.1, 0.15) is 40.5 Å². The van der Waals surface area contributed by atoms with Crippen molar-refractivity contribution in [1.29, 1.82) is 0 Å². The Kier molecular flexibility index (Phi) is 8.23. The molecule has 0 aromatic heterocycles. The maximum absolute atomic E-state index is 12.1. The molecule has 1 aliphatic rings. The molecule has 2 aromatic rings. The number of carbonyl (C=O) groups is 4. The minimum Gasteiger partial charge on any atom is -0.462 e. The number of carbonyl (C=O) groups excluding carboxylic acids is 4. The lowest BCUT2D eigenvalue weighted by Crippen LogP contribution is -2.32. The number of unbranched alkanes of at least 4 members (excludes halogenated alkanes) is 1. The van der Waals surface area contributed by atoms with Gasteiger partial charge in [-0.05, 0) is 48.9 Å². The summed E-state index contributed by atoms with van der Waals surface area (Å²) in [6.07, 6.45) is 1.72. The molecule has 0 saturated carbocycles. The Labute approximate surface area is 190 Å². The molecular weight excluding hydrogens is 432 g/mol. The maximum Gasteiger partial charge on any atom is 0.338 e. The second kappa shape index (κ2) is 11.5. The van der Waals surface area contributed by atoms with Crippen LogP contribution in [0.4, 0.5) is 5.69 Å². The first-order chi connectivity index (χ1) is 16.0. The van der Waals surface area contributed by atoms with Crippen LogP contribution in [0.25, 0.3) is 0 Å². The van der Waals surface area contributed by atoms with E-state index in [0.29, 0.717) is 34.9 Å². The SMILES string of the molecule is CCCCOC(=O)c1ccc(NC(=O)COC(=O)CNC(=O)c2ccc3c(c2)OCO3)cc1. The summed E-state index contributed by atoms with van der Waals surface area (Å²) in [5, 5.41) is 4.96. The first kappa shape index (κ1) is 23.6. The fourth-order valence-electron chi connectivity index (χ4n) is 2.77. The van der Waals surface area contributed by atoms with Crippen molar-refractivity contribution >= 4 is 29.4 Å². The van der Waals surface area contributed by atoms with E-state index in [2.05, 4.69) is 10.6 Å². The molecule has 174 valence electrons. The number of anilines is 1. The Morgan fingerprint density at radius 2 is 1.67 bits per heavy atom. The quantitative estimate of drug-likeness (QED) is 0.412. The fraction of sp³-hybridized carbons (Fsp3) is 0.304. The smallest absolute Gasteiger partial charge is 0.338 e. The molecule has 0 fully saturated rings. The first-order valence-electron chi connectivity index (χ1n) is 10.4. The highest BCUT2D eigenvalue weighted by Crippen LogP contribution is 2.32. The van der Waals surface area contributed by atoms with Gasteiger partial charge in [0.1, 0.15) is 6.54 Å². The molecule has 1 heterocycles. The number of benzene rings is 2. The molecule has 2 amide bonds. The molecule has 0 unspecified atom stereocenters. The van der Waals surface area contributed by atoms with Gasteiger partial charge in [-0.15, -0.1) is 0 Å². The number of nitrogens with one attached hydrogen (secondary N) is 2. The van der Waals surface area contributed by atoms with E-state index < -0.39 is 36.9 Å². The normalized spacial score (nSPS) is 11.4. The van der Waals surface area contributed by atoms with Crippen LogP contribution in [0, 0.1) is 0 Å². The second-order valence-electron chi connectivity index (χ2n) is 7.03. The number of ether oxygens (including phenoxy) is 4. The molecule has 2 N–H and O–H groups in total. The van der Waals surface area contributed by atoms with Gasteiger partial charge in [0.25, 0.3) is 11.8 Å². The van der Waals surface area contributed by atoms with Gasteiger partial charge in [0, 0.05) is 11.3 Å². The van der Waals surface area contributed by atoms with E-state index in [1.54, 1.807) is 18.2 Å². The highest BCUT2D eigenvalue weighted by molar-refractivity contribution is 5.97. The van der Waals surface area contributed by atoms with Crippen LogP contribution in [-0.4, -0.2) is 50.3 Å². The van der Waals surface area contributed by atoms with Gasteiger partial charge < -0.3 is 29.6 Å². The maximum atomic E-state index is 12.1. The van der Waals surface area contributed by atoms with E-state index in [9.17, 15) is 19.2 Å². The van der Waals surface area contributed by atoms with Crippen molar-refractivity contribution in [2.75, 3.05) is 31.9 Å². The molecule has 1 aliphatic heterocycles. The number of rotatable bonds is 10. The standard InChI is InChI=1S/C23H24N2O8/c1-2-3-10-30-23(29)15-4-7-17(8-5-15)25-20(26)13-31-21(27)12-24-22(28)16-6-9-18-19(11-16)33-14-32-18/h4-9,11H,2-3,10,12-14H2,1H3,(H,24,28)(H,25,26). The summed E-state index contributed by atoms with van der Waals surface area (Å²) in [6.45, 7) is 1.51. The minimum atomic E-state index is -0.774. The van der Waals surface area contributed by atoms with Gasteiger partial charge in [-0.1, -0.05) is 13.3 Å². The number of hydrogen-bond acceptors (Lipinski definition) is 8. The Hall–Kier alpha value is -4.08. The van der Waals surface area contributed by atoms with Crippen molar-refractivity contribution in [3.05, 3.63) is 53.6 Å². The summed E-state index contributed by atoms with van der Waals surface area (Å²) in [5.74, 6) is -1.28. The molecule has 3 rings (SSSR count). The summed E-state index contributed by atoms with van der Waals surface area (Å²) < 4.78 is 20.4. The molecule has 0 saturated heterocycles. The predicted molar refractivity (Wildman–Crippen MR) is 116 cm³/mol. The Bertz CT molecular complexity index is 1020. The molecule has 33 heavy (non-hydrogen) atoms. The number of esters is 2. The van der Waals surface area contributed by atoms with Crippen molar-refractivity contribution < 1.29 is 38.1 Å². The van der Waals surface area contributed by atoms with Crippen molar-refractivity contribution in [2.45, 2.75) is 19.8 Å². The molecule has 0 aliphatic carbocycles. The van der Waals surface area contributed by atoms with E-state index in [1.165, 1.54) is 24.3 Å². The largest absolute Gasteiger partial charge is 0.462 e. The highest BCUT2D eigenvalue weighted by atomic mass is 16.7. The lowest BCUT2D eigenvalue weighted by atomic mass is 10.2. The lowest BCUT2D eigenvalue weighted by Gasteiger charge is -2.09. The number of amides is 2. The summed E-state index contributed by atoms with van der Waals surface area (Å²) in [5.41, 5.74) is 1.09. The van der Waals surface area contributed by atoms with Crippen LogP contribution >= 0.6 is 0 Å². The minimum absolute atomic E-state index is 0.0878. The zero-order chi connectivity index (χ0) is 23.6. The third-order valence-electron chi connectivity index (χ3n) is 4.53. The molecule has 0 atom stereocenters. The van der Waals surface area contributed by atoms with Crippen LogP contribution in [0.2, 0.25) is 0 Å². The van der Waals surface area contributed by atoms with E-state index in [1.807, 2.05) is 6.92 Å². The van der Waals surface area contributed by atoms with Crippen LogP contribution in [0.3, 0.4) is 0 Å². The highest BCUT2D eigenvalue weighted by Gasteiger charge is 2.17. The van der Waals surface area contributed by atoms with E-state index in [0.717, 1.165) is 12.8 Å². The van der Waals surface area contributed by atoms with Crippen LogP contribution in [0.15, 0.2) is 42.5 Å². The van der Waals surface area contributed by atoms with Crippen LogP contribution in [0.5, 0.6) is 11.5 Å². The topological polar surface area (TPSA) is 129 Å². The van der Waals surface area contributed by atoms with Gasteiger partial charge in [-0.2, -0.15) is 0 Å². The van der Waals surface area contributed by atoms with Crippen molar-refractivity contribution in [3.8, 4) is 11.5 Å². The number of hydrogen-bond donors (Lipinski definition) is 2. The molecule has 0 bridgehead atoms. The molecule has 0 radical (unpaired) electrons. The zero-order valence-electron chi connectivity index (χ0n) is 18.1. The second-order valence-corrected chi connectivity index (χ2v) is 7.03. The van der Waals surface area contributed by atoms with Gasteiger partial charge in [-0.3, -0.25) is 14.4 Å². The summed E-state index contributed by atoms with van der Waals surface area (Å²) in [7, 11) is 0. The van der Waals surface area contributed by atoms with Crippen LogP contribution in [-0.2, 0) is 19.1 Å². The zero-order valence-corrected chi connectivity index (χ0v) is 18.1. The van der Waals surface area contributed by atoms with E-state index >= 15 is 0 Å². The summed E-state index contributed by atoms with van der Waals surface area (Å²) in [4.78, 5) is 47.8. The summed E-state index contributed by atoms with van der Waals surface area (Å²) >= 11 is 0. The lowest BCUT2D eigenvalue weighted by molar-refractivity contribution is -0.146. The van der Waals surface area contributed by atoms with Gasteiger partial charge in [0.2, 0.25) is 6.79 Å². The average molecular weight is 456 g/mol. The monoisotopic (exact) mass is 456 g/mol. The Morgan fingerprint density at radius 1 is 0.939 bits per heavy atom. The Balaban J connectivity index is 1.37. The molecule has 2 aromatic carbocycles. The van der Waals surface area contributed by atoms with Gasteiger partial charge >= 0.3 is 11.9 Å². The van der Waals surface area contributed by atoms with E-state index in [-0.39, 0.29) is 6.79 Å². The summed E-state index contributed by atoms with van der Waals surface area (Å²) in [6, 6.07) is 10.8. The third-order valence-corrected chi connectivity index (χ3v) is 4.53. The molecule has 10 heteroatoms. The van der Waals surface area contributed by atoms with Crippen molar-refractivity contribution in [3.63, 3.8) is 0 Å². The molecule has 0 spiro atoms. The van der Waals surface area contributed by atoms with Crippen molar-refractivity contribution in [2.24, 2.45) is 0 Å². The van der Waals surface area contributed by atoms with Crippen LogP contribution < -0.4 is 20.1 Å². The predicted octanol–water partition coefficient (Wildman–Crippen LogP) is 2.28. The molecular formula is C23H24N2O8. The Morgan fingerprint density at radius 3 is 2.42 bits per heavy atom. The van der Waals surface area contributed by atoms with Crippen molar-refractivity contribution in [1.82, 2.24) is 5.32 Å². The fourth-order valence-corrected chi connectivity index (χ4v) is 2.77. The van der Waals surface area contributed by atoms with Gasteiger partial charge in [0.05, 0.1) is 12.2 Å². The number of fused-ring (bicyclic) bond motifs is 1. The van der Waals surface area contributed by atoms with Gasteiger partial charge in [-0.25, -0.2) is 4.79 Å². The first-order valence-corrected chi connectivity index (χ1v) is 10.4. The van der Waals surface area contributed by atoms with E-state index in [4.69, 9.17) is 18.9 Å². The molecule has 10 nitrogen and oxygen atoms in total. The average Bonchev–Trinajstić information content (AvgIpc) is 3.29.